The van der Waals surface area contributed by atoms with Crippen LogP contribution in [-0.4, -0.2) is 47.3 Å². The van der Waals surface area contributed by atoms with Crippen molar-refractivity contribution in [1.82, 2.24) is 4.90 Å². The van der Waals surface area contributed by atoms with E-state index in [2.05, 4.69) is 11.2 Å². The predicted molar refractivity (Wildman–Crippen MR) is 52.5 cm³/mol. The van der Waals surface area contributed by atoms with Gasteiger partial charge < -0.3 is 5.11 Å². The second kappa shape index (κ2) is 3.20. The molecule has 2 fully saturated rings. The smallest absolute Gasteiger partial charge is 0.0928 e. The zero-order valence-electron chi connectivity index (χ0n) is 7.62. The minimum Gasteiger partial charge on any atom is -0.387 e. The number of thioether (sulfide) groups is 1. The quantitative estimate of drug-likeness (QED) is 0.704. The highest BCUT2D eigenvalue weighted by molar-refractivity contribution is 7.98. The number of rotatable bonds is 4. The third kappa shape index (κ3) is 1.63. The van der Waals surface area contributed by atoms with E-state index in [1.54, 1.807) is 0 Å². The van der Waals surface area contributed by atoms with Gasteiger partial charge in [0.1, 0.15) is 0 Å². The van der Waals surface area contributed by atoms with Gasteiger partial charge in [-0.15, -0.1) is 0 Å². The van der Waals surface area contributed by atoms with E-state index in [9.17, 15) is 5.11 Å². The summed E-state index contributed by atoms with van der Waals surface area (Å²) in [5, 5.41) is 9.97. The topological polar surface area (TPSA) is 23.5 Å². The molecule has 0 spiro atoms. The summed E-state index contributed by atoms with van der Waals surface area (Å²) in [6.07, 6.45) is 4.65. The Balaban J connectivity index is 1.68. The van der Waals surface area contributed by atoms with Crippen molar-refractivity contribution in [2.45, 2.75) is 18.4 Å². The fraction of sp³-hybridized carbons (Fsp3) is 1.00. The predicted octanol–water partition coefficient (Wildman–Crippen LogP) is 0.806. The van der Waals surface area contributed by atoms with Crippen LogP contribution in [0.1, 0.15) is 12.8 Å². The van der Waals surface area contributed by atoms with Crippen molar-refractivity contribution in [3.05, 3.63) is 0 Å². The van der Waals surface area contributed by atoms with Crippen LogP contribution in [0.25, 0.3) is 0 Å². The average Bonchev–Trinajstić information content (AvgIpc) is 2.77. The first-order valence-corrected chi connectivity index (χ1v) is 6.08. The largest absolute Gasteiger partial charge is 0.387 e. The van der Waals surface area contributed by atoms with E-state index in [1.807, 2.05) is 11.8 Å². The molecule has 0 amide bonds. The molecule has 1 saturated heterocycles. The Morgan fingerprint density at radius 3 is 2.67 bits per heavy atom. The van der Waals surface area contributed by atoms with Gasteiger partial charge in [-0.2, -0.15) is 11.8 Å². The normalized spacial score (nSPS) is 28.5. The van der Waals surface area contributed by atoms with Crippen LogP contribution in [0.4, 0.5) is 0 Å². The van der Waals surface area contributed by atoms with E-state index in [-0.39, 0.29) is 5.60 Å². The Labute approximate surface area is 78.3 Å². The Kier molecular flexibility index (Phi) is 2.36. The van der Waals surface area contributed by atoms with E-state index in [4.69, 9.17) is 0 Å². The van der Waals surface area contributed by atoms with Gasteiger partial charge in [-0.25, -0.2) is 0 Å². The average molecular weight is 187 g/mol. The summed E-state index contributed by atoms with van der Waals surface area (Å²) in [6, 6.07) is 0. The van der Waals surface area contributed by atoms with Gasteiger partial charge in [0.25, 0.3) is 0 Å². The fourth-order valence-corrected chi connectivity index (χ4v) is 2.43. The highest BCUT2D eigenvalue weighted by Crippen LogP contribution is 2.44. The molecule has 1 aliphatic heterocycles. The van der Waals surface area contributed by atoms with Crippen molar-refractivity contribution in [3.8, 4) is 0 Å². The van der Waals surface area contributed by atoms with Crippen LogP contribution in [0, 0.1) is 5.92 Å². The number of nitrogens with zero attached hydrogens (tertiary/aromatic N) is 1. The molecule has 0 bridgehead atoms. The van der Waals surface area contributed by atoms with Gasteiger partial charge >= 0.3 is 0 Å². The number of hydrogen-bond donors (Lipinski definition) is 1. The Bertz CT molecular complexity index is 164. The van der Waals surface area contributed by atoms with Crippen LogP contribution in [-0.2, 0) is 0 Å². The lowest BCUT2D eigenvalue weighted by Gasteiger charge is -2.47. The zero-order valence-corrected chi connectivity index (χ0v) is 8.44. The Hall–Kier alpha value is 0.270. The van der Waals surface area contributed by atoms with Gasteiger partial charge in [0.05, 0.1) is 5.60 Å². The van der Waals surface area contributed by atoms with Gasteiger partial charge in [0, 0.05) is 25.4 Å². The SMILES string of the molecule is CSCCN1CC(O)(C2CC2)C1. The highest BCUT2D eigenvalue weighted by atomic mass is 32.2. The maximum absolute atomic E-state index is 9.97. The van der Waals surface area contributed by atoms with Crippen LogP contribution in [0.15, 0.2) is 0 Å². The van der Waals surface area contributed by atoms with E-state index >= 15 is 0 Å². The van der Waals surface area contributed by atoms with Crippen molar-refractivity contribution in [3.63, 3.8) is 0 Å². The van der Waals surface area contributed by atoms with Gasteiger partial charge in [-0.1, -0.05) is 0 Å². The van der Waals surface area contributed by atoms with Crippen molar-refractivity contribution in [1.29, 1.82) is 0 Å². The van der Waals surface area contributed by atoms with Crippen molar-refractivity contribution in [2.75, 3.05) is 31.6 Å². The molecule has 2 rings (SSSR count). The van der Waals surface area contributed by atoms with Gasteiger partial charge in [-0.3, -0.25) is 4.90 Å². The third-order valence-corrected chi connectivity index (χ3v) is 3.53. The number of β-amino-alcohol motifs (C(OH)–C–C–N with tert-alkyl or cyclic N) is 1. The first kappa shape index (κ1) is 8.85. The van der Waals surface area contributed by atoms with Gasteiger partial charge in [0.15, 0.2) is 0 Å². The summed E-state index contributed by atoms with van der Waals surface area (Å²) in [4.78, 5) is 2.36. The maximum atomic E-state index is 9.97. The molecule has 0 atom stereocenters. The van der Waals surface area contributed by atoms with Crippen LogP contribution in [0.3, 0.4) is 0 Å². The third-order valence-electron chi connectivity index (χ3n) is 2.94. The van der Waals surface area contributed by atoms with Crippen molar-refractivity contribution < 1.29 is 5.11 Å². The van der Waals surface area contributed by atoms with Crippen LogP contribution < -0.4 is 0 Å². The fourth-order valence-electron chi connectivity index (χ4n) is 1.99. The van der Waals surface area contributed by atoms with E-state index in [0.717, 1.165) is 19.6 Å². The number of likely N-dealkylation sites (tertiary alicyclic amines) is 1. The second-order valence-corrected chi connectivity index (χ2v) is 5.07. The molecule has 2 nitrogen and oxygen atoms in total. The van der Waals surface area contributed by atoms with Crippen LogP contribution in [0.2, 0.25) is 0 Å². The summed E-state index contributed by atoms with van der Waals surface area (Å²) in [7, 11) is 0. The molecule has 70 valence electrons. The standard InChI is InChI=1S/C9H17NOS/c1-12-5-4-10-6-9(11,7-10)8-2-3-8/h8,11H,2-7H2,1H3. The lowest BCUT2D eigenvalue weighted by Crippen LogP contribution is -2.63. The summed E-state index contributed by atoms with van der Waals surface area (Å²) in [6.45, 7) is 3.01. The Morgan fingerprint density at radius 1 is 1.50 bits per heavy atom. The van der Waals surface area contributed by atoms with Crippen LogP contribution >= 0.6 is 11.8 Å². The summed E-state index contributed by atoms with van der Waals surface area (Å²) in [5.74, 6) is 1.84. The van der Waals surface area contributed by atoms with Crippen molar-refractivity contribution in [2.24, 2.45) is 5.92 Å². The van der Waals surface area contributed by atoms with Crippen LogP contribution in [0.5, 0.6) is 0 Å². The molecule has 1 saturated carbocycles. The minimum atomic E-state index is -0.279. The molecule has 0 radical (unpaired) electrons. The van der Waals surface area contributed by atoms with E-state index in [1.165, 1.54) is 18.6 Å². The van der Waals surface area contributed by atoms with E-state index in [0.29, 0.717) is 5.92 Å². The molecule has 1 N–H and O–H groups in total. The zero-order chi connectivity index (χ0) is 8.60. The molecule has 2 aliphatic rings. The molecule has 12 heavy (non-hydrogen) atoms. The molecular weight excluding hydrogens is 170 g/mol. The Morgan fingerprint density at radius 2 is 2.17 bits per heavy atom. The maximum Gasteiger partial charge on any atom is 0.0928 e. The lowest BCUT2D eigenvalue weighted by molar-refractivity contribution is -0.110. The molecule has 0 aromatic carbocycles. The number of aliphatic hydroxyl groups is 1. The second-order valence-electron chi connectivity index (χ2n) is 4.08. The minimum absolute atomic E-state index is 0.279. The molecule has 0 unspecified atom stereocenters. The lowest BCUT2D eigenvalue weighted by atomic mass is 9.89. The highest BCUT2D eigenvalue weighted by Gasteiger charge is 2.51. The number of hydrogen-bond acceptors (Lipinski definition) is 3. The molecule has 3 heteroatoms. The first-order chi connectivity index (χ1) is 5.74. The summed E-state index contributed by atoms with van der Waals surface area (Å²) >= 11 is 1.88. The monoisotopic (exact) mass is 187 g/mol. The molecule has 0 aromatic heterocycles. The van der Waals surface area contributed by atoms with Gasteiger partial charge in [-0.05, 0) is 25.0 Å². The molecule has 0 aromatic rings. The van der Waals surface area contributed by atoms with Crippen molar-refractivity contribution >= 4 is 11.8 Å². The van der Waals surface area contributed by atoms with Gasteiger partial charge in [0.2, 0.25) is 0 Å². The summed E-state index contributed by atoms with van der Waals surface area (Å²) in [5.41, 5.74) is -0.279. The van der Waals surface area contributed by atoms with E-state index < -0.39 is 0 Å². The molecule has 1 aliphatic carbocycles. The summed E-state index contributed by atoms with van der Waals surface area (Å²) < 4.78 is 0. The molecule has 1 heterocycles. The first-order valence-electron chi connectivity index (χ1n) is 4.68. The molecular formula is C9H17NOS.